The summed E-state index contributed by atoms with van der Waals surface area (Å²) in [4.78, 5) is 0. The lowest BCUT2D eigenvalue weighted by atomic mass is 9.98. The van der Waals surface area contributed by atoms with Crippen molar-refractivity contribution in [2.45, 2.75) is 12.8 Å². The van der Waals surface area contributed by atoms with Crippen LogP contribution in [0, 0.1) is 0 Å². The van der Waals surface area contributed by atoms with Gasteiger partial charge in [0.15, 0.2) is 0 Å². The number of benzene rings is 2. The predicted octanol–water partition coefficient (Wildman–Crippen LogP) is 4.14. The molecule has 2 aromatic carbocycles. The second kappa shape index (κ2) is 4.40. The van der Waals surface area contributed by atoms with E-state index in [9.17, 15) is 0 Å². The Hall–Kier alpha value is -1.76. The van der Waals surface area contributed by atoms with Crippen LogP contribution in [0.1, 0.15) is 18.4 Å². The Kier molecular flexibility index (Phi) is 2.95. The van der Waals surface area contributed by atoms with E-state index in [4.69, 9.17) is 4.74 Å². The first kappa shape index (κ1) is 10.7. The van der Waals surface area contributed by atoms with Gasteiger partial charge in [-0.3, -0.25) is 0 Å². The lowest BCUT2D eigenvalue weighted by molar-refractivity contribution is 0.415. The van der Waals surface area contributed by atoms with Crippen molar-refractivity contribution in [2.75, 3.05) is 7.11 Å². The van der Waals surface area contributed by atoms with Gasteiger partial charge in [0.05, 0.1) is 7.11 Å². The summed E-state index contributed by atoms with van der Waals surface area (Å²) < 4.78 is 5.20. The summed E-state index contributed by atoms with van der Waals surface area (Å²) in [6.45, 7) is 5.97. The fourth-order valence-corrected chi connectivity index (χ4v) is 1.79. The molecule has 2 aromatic rings. The zero-order valence-electron chi connectivity index (χ0n) is 9.73. The molecule has 0 amide bonds. The first-order valence-corrected chi connectivity index (χ1v) is 5.45. The molecule has 0 fully saturated rings. The molecular weight excluding hydrogens is 196 g/mol. The summed E-state index contributed by atoms with van der Waals surface area (Å²) in [5.41, 5.74) is 1.30. The molecule has 1 heteroatoms. The maximum absolute atomic E-state index is 5.20. The fourth-order valence-electron chi connectivity index (χ4n) is 1.79. The molecule has 82 valence electrons. The summed E-state index contributed by atoms with van der Waals surface area (Å²) in [5, 5.41) is 2.45. The summed E-state index contributed by atoms with van der Waals surface area (Å²) in [7, 11) is 1.69. The number of methoxy groups -OCH3 is 1. The van der Waals surface area contributed by atoms with Gasteiger partial charge in [-0.15, -0.1) is 6.58 Å². The van der Waals surface area contributed by atoms with Crippen molar-refractivity contribution < 1.29 is 4.74 Å². The number of hydrogen-bond acceptors (Lipinski definition) is 1. The van der Waals surface area contributed by atoms with E-state index < -0.39 is 0 Å². The van der Waals surface area contributed by atoms with Gasteiger partial charge < -0.3 is 4.74 Å². The third-order valence-electron chi connectivity index (χ3n) is 2.95. The fraction of sp³-hybridized carbons (Fsp3) is 0.200. The van der Waals surface area contributed by atoms with Crippen LogP contribution in [0.15, 0.2) is 49.1 Å². The van der Waals surface area contributed by atoms with Crippen LogP contribution in [-0.2, 0) is 0 Å². The molecule has 0 radical (unpaired) electrons. The minimum absolute atomic E-state index is 0.395. The van der Waals surface area contributed by atoms with Crippen LogP contribution < -0.4 is 4.74 Å². The van der Waals surface area contributed by atoms with Gasteiger partial charge in [-0.25, -0.2) is 0 Å². The summed E-state index contributed by atoms with van der Waals surface area (Å²) >= 11 is 0. The van der Waals surface area contributed by atoms with Crippen molar-refractivity contribution in [3.63, 3.8) is 0 Å². The average Bonchev–Trinajstić information content (AvgIpc) is 2.36. The van der Waals surface area contributed by atoms with Crippen molar-refractivity contribution in [3.05, 3.63) is 54.6 Å². The molecule has 0 unspecified atom stereocenters. The van der Waals surface area contributed by atoms with Gasteiger partial charge in [0.2, 0.25) is 0 Å². The molecule has 0 aromatic heterocycles. The monoisotopic (exact) mass is 212 g/mol. The molecule has 0 bridgehead atoms. The SMILES string of the molecule is C=C[C@@H](C)c1ccc2cc(OC)ccc2c1. The van der Waals surface area contributed by atoms with E-state index in [2.05, 4.69) is 43.8 Å². The van der Waals surface area contributed by atoms with Crippen LogP contribution in [-0.4, -0.2) is 7.11 Å². The molecule has 0 spiro atoms. The number of rotatable bonds is 3. The highest BCUT2D eigenvalue weighted by molar-refractivity contribution is 5.84. The van der Waals surface area contributed by atoms with Gasteiger partial charge >= 0.3 is 0 Å². The molecule has 16 heavy (non-hydrogen) atoms. The Morgan fingerprint density at radius 3 is 2.50 bits per heavy atom. The van der Waals surface area contributed by atoms with Gasteiger partial charge in [0.1, 0.15) is 5.75 Å². The van der Waals surface area contributed by atoms with Gasteiger partial charge in [-0.2, -0.15) is 0 Å². The molecule has 0 aliphatic carbocycles. The Morgan fingerprint density at radius 1 is 1.12 bits per heavy atom. The normalized spacial score (nSPS) is 12.4. The predicted molar refractivity (Wildman–Crippen MR) is 69.1 cm³/mol. The lowest BCUT2D eigenvalue weighted by Crippen LogP contribution is -1.88. The van der Waals surface area contributed by atoms with Crippen molar-refractivity contribution in [1.29, 1.82) is 0 Å². The van der Waals surface area contributed by atoms with Gasteiger partial charge in [-0.05, 0) is 34.4 Å². The average molecular weight is 212 g/mol. The van der Waals surface area contributed by atoms with Crippen molar-refractivity contribution in [3.8, 4) is 5.75 Å². The van der Waals surface area contributed by atoms with E-state index in [0.717, 1.165) is 5.75 Å². The minimum Gasteiger partial charge on any atom is -0.497 e. The molecule has 0 aliphatic heterocycles. The van der Waals surface area contributed by atoms with E-state index in [1.54, 1.807) is 7.11 Å². The van der Waals surface area contributed by atoms with Crippen LogP contribution in [0.5, 0.6) is 5.75 Å². The molecule has 0 saturated carbocycles. The molecular formula is C15H16O. The molecule has 0 aliphatic rings. The van der Waals surface area contributed by atoms with E-state index in [-0.39, 0.29) is 0 Å². The quantitative estimate of drug-likeness (QED) is 0.695. The van der Waals surface area contributed by atoms with Crippen LogP contribution in [0.3, 0.4) is 0 Å². The number of allylic oxidation sites excluding steroid dienone is 1. The van der Waals surface area contributed by atoms with Gasteiger partial charge in [-0.1, -0.05) is 37.3 Å². The van der Waals surface area contributed by atoms with Crippen LogP contribution in [0.2, 0.25) is 0 Å². The Bertz CT molecular complexity index is 514. The van der Waals surface area contributed by atoms with E-state index in [1.807, 2.05) is 12.1 Å². The molecule has 0 saturated heterocycles. The van der Waals surface area contributed by atoms with Crippen LogP contribution in [0.4, 0.5) is 0 Å². The zero-order chi connectivity index (χ0) is 11.5. The third-order valence-corrected chi connectivity index (χ3v) is 2.95. The van der Waals surface area contributed by atoms with Crippen molar-refractivity contribution in [2.24, 2.45) is 0 Å². The van der Waals surface area contributed by atoms with E-state index in [0.29, 0.717) is 5.92 Å². The Morgan fingerprint density at radius 2 is 1.81 bits per heavy atom. The van der Waals surface area contributed by atoms with Crippen LogP contribution in [0.25, 0.3) is 10.8 Å². The molecule has 0 N–H and O–H groups in total. The number of hydrogen-bond donors (Lipinski definition) is 0. The van der Waals surface area contributed by atoms with Crippen molar-refractivity contribution in [1.82, 2.24) is 0 Å². The lowest BCUT2D eigenvalue weighted by Gasteiger charge is -2.08. The smallest absolute Gasteiger partial charge is 0.119 e. The van der Waals surface area contributed by atoms with Crippen molar-refractivity contribution >= 4 is 10.8 Å². The van der Waals surface area contributed by atoms with E-state index >= 15 is 0 Å². The minimum atomic E-state index is 0.395. The zero-order valence-corrected chi connectivity index (χ0v) is 9.73. The first-order valence-electron chi connectivity index (χ1n) is 5.45. The maximum atomic E-state index is 5.20. The summed E-state index contributed by atoms with van der Waals surface area (Å²) in [6.07, 6.45) is 1.96. The number of fused-ring (bicyclic) bond motifs is 1. The molecule has 2 rings (SSSR count). The third kappa shape index (κ3) is 1.94. The topological polar surface area (TPSA) is 9.23 Å². The standard InChI is InChI=1S/C15H16O/c1-4-11(2)12-5-6-14-10-15(16-3)8-7-13(14)9-12/h4-11H,1H2,2-3H3/t11-/m1/s1. The number of ether oxygens (including phenoxy) is 1. The summed E-state index contributed by atoms with van der Waals surface area (Å²) in [6, 6.07) is 12.6. The van der Waals surface area contributed by atoms with Gasteiger partial charge in [0, 0.05) is 0 Å². The summed E-state index contributed by atoms with van der Waals surface area (Å²) in [5.74, 6) is 1.29. The van der Waals surface area contributed by atoms with Gasteiger partial charge in [0.25, 0.3) is 0 Å². The first-order chi connectivity index (χ1) is 7.74. The molecule has 0 heterocycles. The largest absolute Gasteiger partial charge is 0.497 e. The van der Waals surface area contributed by atoms with Crippen LogP contribution >= 0.6 is 0 Å². The van der Waals surface area contributed by atoms with E-state index in [1.165, 1.54) is 16.3 Å². The maximum Gasteiger partial charge on any atom is 0.119 e. The Labute approximate surface area is 96.4 Å². The molecule has 1 nitrogen and oxygen atoms in total. The highest BCUT2D eigenvalue weighted by Crippen LogP contribution is 2.25. The Balaban J connectivity index is 2.51. The molecule has 1 atom stereocenters. The highest BCUT2D eigenvalue weighted by atomic mass is 16.5. The highest BCUT2D eigenvalue weighted by Gasteiger charge is 2.02. The second-order valence-electron chi connectivity index (χ2n) is 4.00. The second-order valence-corrected chi connectivity index (χ2v) is 4.00.